The smallest absolute Gasteiger partial charge is 0.262 e. The van der Waals surface area contributed by atoms with Crippen molar-refractivity contribution in [2.75, 3.05) is 25.0 Å². The van der Waals surface area contributed by atoms with Crippen LogP contribution in [0, 0.1) is 5.82 Å². The third-order valence-electron chi connectivity index (χ3n) is 11.5. The third-order valence-corrected chi connectivity index (χ3v) is 11.5. The van der Waals surface area contributed by atoms with Crippen molar-refractivity contribution in [3.63, 3.8) is 0 Å². The number of rotatable bonds is 7. The first kappa shape index (κ1) is 33.8. The van der Waals surface area contributed by atoms with E-state index in [2.05, 4.69) is 75.8 Å². The molecule has 0 saturated carbocycles. The monoisotopic (exact) mass is 700 g/mol. The van der Waals surface area contributed by atoms with Crippen molar-refractivity contribution in [3.05, 3.63) is 130 Å². The molecule has 0 aromatic heterocycles. The summed E-state index contributed by atoms with van der Waals surface area (Å²) in [7, 11) is 1.95. The minimum Gasteiger partial charge on any atom is -0.508 e. The van der Waals surface area contributed by atoms with Gasteiger partial charge in [0, 0.05) is 49.3 Å². The van der Waals surface area contributed by atoms with Crippen molar-refractivity contribution in [1.82, 2.24) is 15.1 Å². The van der Waals surface area contributed by atoms with Crippen LogP contribution >= 0.6 is 0 Å². The number of carbonyl (C=O) groups is 4. The summed E-state index contributed by atoms with van der Waals surface area (Å²) in [6.07, 6.45) is 3.77. The average molecular weight is 701 g/mol. The molecule has 3 heterocycles. The van der Waals surface area contributed by atoms with Crippen LogP contribution in [0.25, 0.3) is 0 Å². The van der Waals surface area contributed by atoms with E-state index in [0.717, 1.165) is 55.4 Å². The normalized spacial score (nSPS) is 22.1. The highest BCUT2D eigenvalue weighted by molar-refractivity contribution is 6.23. The van der Waals surface area contributed by atoms with E-state index in [0.29, 0.717) is 17.2 Å². The summed E-state index contributed by atoms with van der Waals surface area (Å²) in [6.45, 7) is 1.95. The zero-order valence-corrected chi connectivity index (χ0v) is 29.1. The minimum atomic E-state index is -1.09. The second-order valence-electron chi connectivity index (χ2n) is 14.6. The lowest BCUT2D eigenvalue weighted by molar-refractivity contribution is -0.136. The quantitative estimate of drug-likeness (QED) is 0.231. The van der Waals surface area contributed by atoms with E-state index < -0.39 is 35.5 Å². The molecule has 2 saturated heterocycles. The number of nitrogens with one attached hydrogen (secondary N) is 1. The van der Waals surface area contributed by atoms with Crippen molar-refractivity contribution in [2.45, 2.75) is 69.0 Å². The minimum absolute atomic E-state index is 0.0236. The summed E-state index contributed by atoms with van der Waals surface area (Å²) in [4.78, 5) is 55.8. The topological polar surface area (TPSA) is 110 Å². The number of benzene rings is 4. The number of amides is 4. The second-order valence-corrected chi connectivity index (χ2v) is 14.6. The standard InChI is InChI=1S/C42H41FN4O5/c1-45(24-28-22-34-35(23-36(28)43)42(52)47(41(34)51)37-15-16-38(49)44-40(37)50)29-17-19-46(20-18-29)30-10-7-26(8-11-30)39-32(25-5-3-2-4-6-25)13-9-27-21-31(48)12-14-33(27)39/h2-8,10-12,14,21-23,29,32,37,39,48H,9,13,15-20,24H2,1H3,(H,44,49,50)/t32-,37?,39+/m1/s1. The number of anilines is 1. The molecule has 2 fully saturated rings. The van der Waals surface area contributed by atoms with E-state index in [1.165, 1.54) is 28.3 Å². The van der Waals surface area contributed by atoms with Crippen molar-refractivity contribution >= 4 is 29.3 Å². The number of carbonyl (C=O) groups excluding carboxylic acids is 4. The van der Waals surface area contributed by atoms with Gasteiger partial charge in [0.15, 0.2) is 0 Å². The molecule has 1 unspecified atom stereocenters. The fourth-order valence-corrected chi connectivity index (χ4v) is 8.79. The molecule has 9 nitrogen and oxygen atoms in total. The maximum Gasteiger partial charge on any atom is 0.262 e. The van der Waals surface area contributed by atoms with Crippen LogP contribution in [0.3, 0.4) is 0 Å². The number of imide groups is 2. The second kappa shape index (κ2) is 13.7. The molecule has 4 amide bonds. The predicted octanol–water partition coefficient (Wildman–Crippen LogP) is 5.90. The van der Waals surface area contributed by atoms with Gasteiger partial charge in [0.25, 0.3) is 11.8 Å². The van der Waals surface area contributed by atoms with Gasteiger partial charge < -0.3 is 10.0 Å². The summed E-state index contributed by atoms with van der Waals surface area (Å²) >= 11 is 0. The highest BCUT2D eigenvalue weighted by Crippen LogP contribution is 2.47. The molecule has 3 aliphatic heterocycles. The molecular weight excluding hydrogens is 659 g/mol. The average Bonchev–Trinajstić information content (AvgIpc) is 3.39. The number of hydrogen-bond donors (Lipinski definition) is 2. The molecule has 4 aromatic carbocycles. The zero-order chi connectivity index (χ0) is 36.1. The van der Waals surface area contributed by atoms with Crippen LogP contribution in [0.15, 0.2) is 84.9 Å². The molecular formula is C42H41FN4O5. The van der Waals surface area contributed by atoms with Gasteiger partial charge in [-0.2, -0.15) is 0 Å². The molecule has 0 radical (unpaired) electrons. The Kier molecular flexibility index (Phi) is 8.87. The van der Waals surface area contributed by atoms with E-state index in [-0.39, 0.29) is 42.5 Å². The molecule has 0 spiro atoms. The Hall–Kier alpha value is -5.35. The van der Waals surface area contributed by atoms with Crippen LogP contribution in [0.4, 0.5) is 10.1 Å². The number of piperidine rings is 2. The molecule has 4 aromatic rings. The fraction of sp³-hybridized carbons (Fsp3) is 0.333. The molecule has 10 heteroatoms. The van der Waals surface area contributed by atoms with Crippen molar-refractivity contribution in [2.24, 2.45) is 0 Å². The Morgan fingerprint density at radius 3 is 2.23 bits per heavy atom. The third kappa shape index (κ3) is 6.15. The van der Waals surface area contributed by atoms with Crippen LogP contribution in [0.5, 0.6) is 5.75 Å². The van der Waals surface area contributed by atoms with Crippen molar-refractivity contribution < 1.29 is 28.7 Å². The Labute approximate surface area is 302 Å². The number of aryl methyl sites for hydroxylation is 1. The van der Waals surface area contributed by atoms with E-state index in [4.69, 9.17) is 0 Å². The molecule has 2 N–H and O–H groups in total. The number of phenols is 1. The first-order valence-corrected chi connectivity index (χ1v) is 18.1. The van der Waals surface area contributed by atoms with Crippen molar-refractivity contribution in [1.29, 1.82) is 0 Å². The molecule has 1 aliphatic carbocycles. The predicted molar refractivity (Wildman–Crippen MR) is 194 cm³/mol. The lowest BCUT2D eigenvalue weighted by Crippen LogP contribution is -2.54. The van der Waals surface area contributed by atoms with E-state index >= 15 is 4.39 Å². The van der Waals surface area contributed by atoms with Gasteiger partial charge in [-0.1, -0.05) is 48.5 Å². The molecule has 266 valence electrons. The van der Waals surface area contributed by atoms with Crippen LogP contribution in [0.1, 0.15) is 92.5 Å². The van der Waals surface area contributed by atoms with Gasteiger partial charge in [0.05, 0.1) is 11.1 Å². The summed E-state index contributed by atoms with van der Waals surface area (Å²) in [5.41, 5.74) is 6.59. The first-order valence-electron chi connectivity index (χ1n) is 18.1. The number of phenolic OH excluding ortho intramolecular Hbond substituents is 1. The van der Waals surface area contributed by atoms with Gasteiger partial charge in [-0.3, -0.25) is 34.3 Å². The maximum absolute atomic E-state index is 15.4. The molecule has 52 heavy (non-hydrogen) atoms. The molecule has 4 aliphatic rings. The summed E-state index contributed by atoms with van der Waals surface area (Å²) < 4.78 is 15.4. The fourth-order valence-electron chi connectivity index (χ4n) is 8.79. The summed E-state index contributed by atoms with van der Waals surface area (Å²) in [5.74, 6) is -2.22. The van der Waals surface area contributed by atoms with Crippen LogP contribution in [-0.4, -0.2) is 70.8 Å². The molecule has 3 atom stereocenters. The number of nitrogens with zero attached hydrogens (tertiary/aromatic N) is 3. The first-order chi connectivity index (χ1) is 25.2. The van der Waals surface area contributed by atoms with E-state index in [9.17, 15) is 24.3 Å². The number of halogens is 1. The van der Waals surface area contributed by atoms with Gasteiger partial charge >= 0.3 is 0 Å². The van der Waals surface area contributed by atoms with Gasteiger partial charge in [0.2, 0.25) is 11.8 Å². The van der Waals surface area contributed by atoms with Crippen LogP contribution < -0.4 is 10.2 Å². The van der Waals surface area contributed by atoms with Gasteiger partial charge in [-0.15, -0.1) is 0 Å². The SMILES string of the molecule is CN(Cc1cc2c(cc1F)C(=O)N(C1CCC(=O)NC1=O)C2=O)C1CCN(c2ccc([C@@H]3c4ccc(O)cc4CC[C@@H]3c3ccccc3)cc2)CC1. The largest absolute Gasteiger partial charge is 0.508 e. The van der Waals surface area contributed by atoms with Gasteiger partial charge in [0.1, 0.15) is 17.6 Å². The highest BCUT2D eigenvalue weighted by Gasteiger charge is 2.45. The maximum atomic E-state index is 15.4. The lowest BCUT2D eigenvalue weighted by atomic mass is 9.69. The Bertz CT molecular complexity index is 2060. The zero-order valence-electron chi connectivity index (χ0n) is 29.1. The van der Waals surface area contributed by atoms with Crippen molar-refractivity contribution in [3.8, 4) is 5.75 Å². The summed E-state index contributed by atoms with van der Waals surface area (Å²) in [5, 5.41) is 12.4. The van der Waals surface area contributed by atoms with E-state index in [1.807, 2.05) is 13.1 Å². The molecule has 0 bridgehead atoms. The molecule has 8 rings (SSSR count). The Morgan fingerprint density at radius 1 is 0.808 bits per heavy atom. The van der Waals surface area contributed by atoms with Gasteiger partial charge in [-0.25, -0.2) is 4.39 Å². The van der Waals surface area contributed by atoms with Crippen LogP contribution in [-0.2, 0) is 22.6 Å². The number of hydrogen-bond acceptors (Lipinski definition) is 7. The lowest BCUT2D eigenvalue weighted by Gasteiger charge is -2.38. The Morgan fingerprint density at radius 2 is 1.52 bits per heavy atom. The van der Waals surface area contributed by atoms with Gasteiger partial charge in [-0.05, 0) is 104 Å². The van der Waals surface area contributed by atoms with E-state index in [1.54, 1.807) is 6.07 Å². The number of aromatic hydroxyl groups is 1. The summed E-state index contributed by atoms with van der Waals surface area (Å²) in [6, 6.07) is 27.1. The Balaban J connectivity index is 0.929. The van der Waals surface area contributed by atoms with Crippen LogP contribution in [0.2, 0.25) is 0 Å². The highest BCUT2D eigenvalue weighted by atomic mass is 19.1. The number of fused-ring (bicyclic) bond motifs is 2.